The number of ether oxygens (including phenoxy) is 3. The van der Waals surface area contributed by atoms with Crippen LogP contribution in [-0.2, 0) is 22.6 Å². The highest BCUT2D eigenvalue weighted by Crippen LogP contribution is 2.35. The van der Waals surface area contributed by atoms with Crippen LogP contribution in [0.4, 0.5) is 0 Å². The average molecular weight is 481 g/mol. The number of halogens is 2. The summed E-state index contributed by atoms with van der Waals surface area (Å²) in [6, 6.07) is 11.0. The maximum Gasteiger partial charge on any atom is 0.348 e. The predicted octanol–water partition coefficient (Wildman–Crippen LogP) is 5.28. The highest BCUT2D eigenvalue weighted by Gasteiger charge is 2.30. The molecule has 0 N–H and O–H groups in total. The van der Waals surface area contributed by atoms with E-state index in [4.69, 9.17) is 25.8 Å². The van der Waals surface area contributed by atoms with Gasteiger partial charge >= 0.3 is 5.97 Å². The van der Waals surface area contributed by atoms with Gasteiger partial charge in [0, 0.05) is 21.3 Å². The van der Waals surface area contributed by atoms with Crippen LogP contribution in [0.15, 0.2) is 46.3 Å². The number of carbonyl (C=O) groups excluding carboxylic acids is 1. The lowest BCUT2D eigenvalue weighted by molar-refractivity contribution is -0.152. The van der Waals surface area contributed by atoms with Crippen molar-refractivity contribution in [3.05, 3.63) is 62.5 Å². The van der Waals surface area contributed by atoms with E-state index in [2.05, 4.69) is 20.9 Å². The molecule has 2 aromatic carbocycles. The van der Waals surface area contributed by atoms with Gasteiger partial charge in [-0.25, -0.2) is 9.78 Å². The Morgan fingerprint density at radius 2 is 2.21 bits per heavy atom. The molecule has 0 radical (unpaired) electrons. The Morgan fingerprint density at radius 3 is 3.04 bits per heavy atom. The Morgan fingerprint density at radius 1 is 1.36 bits per heavy atom. The molecule has 0 aliphatic carbocycles. The van der Waals surface area contributed by atoms with Gasteiger partial charge in [-0.2, -0.15) is 0 Å². The van der Waals surface area contributed by atoms with Crippen molar-refractivity contribution in [2.75, 3.05) is 7.11 Å². The van der Waals surface area contributed by atoms with E-state index in [1.807, 2.05) is 29.6 Å². The molecule has 28 heavy (non-hydrogen) atoms. The van der Waals surface area contributed by atoms with Gasteiger partial charge in [-0.05, 0) is 42.0 Å². The van der Waals surface area contributed by atoms with Crippen molar-refractivity contribution < 1.29 is 19.0 Å². The first-order valence-electron chi connectivity index (χ1n) is 8.43. The minimum absolute atomic E-state index is 0.0859. The van der Waals surface area contributed by atoms with E-state index >= 15 is 0 Å². The fourth-order valence-electron chi connectivity index (χ4n) is 2.93. The lowest BCUT2D eigenvalue weighted by atomic mass is 10.1. The summed E-state index contributed by atoms with van der Waals surface area (Å²) < 4.78 is 17.4. The van der Waals surface area contributed by atoms with Crippen molar-refractivity contribution in [3.8, 4) is 22.1 Å². The summed E-state index contributed by atoms with van der Waals surface area (Å²) in [6.07, 6.45) is -0.205. The summed E-state index contributed by atoms with van der Waals surface area (Å²) in [7, 11) is 1.62. The zero-order valence-electron chi connectivity index (χ0n) is 14.8. The Hall–Kier alpha value is -2.09. The van der Waals surface area contributed by atoms with Crippen molar-refractivity contribution in [1.82, 2.24) is 4.98 Å². The third-order valence-corrected chi connectivity index (χ3v) is 5.92. The molecular weight excluding hydrogens is 466 g/mol. The van der Waals surface area contributed by atoms with Gasteiger partial charge in [-0.15, -0.1) is 11.3 Å². The molecular formula is C20H15BrClNO4S. The number of carbonyl (C=O) groups is 1. The number of rotatable bonds is 5. The summed E-state index contributed by atoms with van der Waals surface area (Å²) in [4.78, 5) is 16.9. The van der Waals surface area contributed by atoms with Gasteiger partial charge < -0.3 is 14.2 Å². The van der Waals surface area contributed by atoms with E-state index in [0.717, 1.165) is 26.4 Å². The molecule has 1 unspecified atom stereocenters. The molecule has 0 fully saturated rings. The normalized spacial score (nSPS) is 15.0. The number of esters is 1. The largest absolute Gasteiger partial charge is 0.496 e. The van der Waals surface area contributed by atoms with E-state index < -0.39 is 12.1 Å². The smallest absolute Gasteiger partial charge is 0.348 e. The number of fused-ring (bicyclic) bond motifs is 1. The van der Waals surface area contributed by atoms with Gasteiger partial charge in [0.15, 0.2) is 6.10 Å². The first kappa shape index (κ1) is 19.2. The van der Waals surface area contributed by atoms with Gasteiger partial charge in [0.25, 0.3) is 0 Å². The van der Waals surface area contributed by atoms with Crippen LogP contribution < -0.4 is 9.47 Å². The van der Waals surface area contributed by atoms with Crippen LogP contribution in [0.5, 0.6) is 11.5 Å². The molecule has 1 aliphatic rings. The van der Waals surface area contributed by atoms with E-state index in [1.54, 1.807) is 19.2 Å². The monoisotopic (exact) mass is 479 g/mol. The molecule has 1 atom stereocenters. The van der Waals surface area contributed by atoms with Crippen molar-refractivity contribution in [2.24, 2.45) is 0 Å². The molecule has 0 bridgehead atoms. The quantitative estimate of drug-likeness (QED) is 0.465. The van der Waals surface area contributed by atoms with Crippen LogP contribution >= 0.6 is 38.9 Å². The lowest BCUT2D eigenvalue weighted by Gasteiger charge is -2.09. The maximum absolute atomic E-state index is 12.4. The molecule has 4 rings (SSSR count). The number of methoxy groups -OCH3 is 1. The van der Waals surface area contributed by atoms with Gasteiger partial charge in [0.2, 0.25) is 0 Å². The Bertz CT molecular complexity index is 1040. The molecule has 144 valence electrons. The Balaban J connectivity index is 1.40. The van der Waals surface area contributed by atoms with Crippen molar-refractivity contribution >= 4 is 44.8 Å². The zero-order valence-corrected chi connectivity index (χ0v) is 17.9. The molecule has 2 heterocycles. The average Bonchev–Trinajstić information content (AvgIpc) is 3.32. The predicted molar refractivity (Wildman–Crippen MR) is 111 cm³/mol. The summed E-state index contributed by atoms with van der Waals surface area (Å²) in [5.74, 6) is 0.989. The third kappa shape index (κ3) is 4.01. The Labute approximate surface area is 179 Å². The number of benzene rings is 2. The van der Waals surface area contributed by atoms with Crippen LogP contribution in [0, 0.1) is 0 Å². The first-order chi connectivity index (χ1) is 13.5. The Kier molecular flexibility index (Phi) is 5.57. The SMILES string of the molecule is COc1ccc(Br)cc1-c1nc(COC(=O)C2Cc3cc(Cl)ccc3O2)cs1. The van der Waals surface area contributed by atoms with Crippen molar-refractivity contribution in [3.63, 3.8) is 0 Å². The van der Waals surface area contributed by atoms with Crippen molar-refractivity contribution in [2.45, 2.75) is 19.1 Å². The second-order valence-corrected chi connectivity index (χ2v) is 8.37. The molecule has 5 nitrogen and oxygen atoms in total. The summed E-state index contributed by atoms with van der Waals surface area (Å²) in [6.45, 7) is 0.0859. The van der Waals surface area contributed by atoms with Crippen LogP contribution in [0.2, 0.25) is 5.02 Å². The zero-order chi connectivity index (χ0) is 19.7. The number of hydrogen-bond donors (Lipinski definition) is 0. The molecule has 1 aromatic heterocycles. The highest BCUT2D eigenvalue weighted by atomic mass is 79.9. The number of aromatic nitrogens is 1. The fraction of sp³-hybridized carbons (Fsp3) is 0.200. The second kappa shape index (κ2) is 8.11. The molecule has 0 saturated carbocycles. The molecule has 0 spiro atoms. The molecule has 0 amide bonds. The third-order valence-electron chi connectivity index (χ3n) is 4.27. The van der Waals surface area contributed by atoms with E-state index in [1.165, 1.54) is 11.3 Å². The summed E-state index contributed by atoms with van der Waals surface area (Å²) in [5, 5.41) is 3.28. The molecule has 0 saturated heterocycles. The number of hydrogen-bond acceptors (Lipinski definition) is 6. The topological polar surface area (TPSA) is 57.7 Å². The molecule has 3 aromatic rings. The van der Waals surface area contributed by atoms with Crippen LogP contribution in [0.1, 0.15) is 11.3 Å². The van der Waals surface area contributed by atoms with E-state index in [9.17, 15) is 4.79 Å². The maximum atomic E-state index is 12.4. The van der Waals surface area contributed by atoms with Crippen molar-refractivity contribution in [1.29, 1.82) is 0 Å². The summed E-state index contributed by atoms with van der Waals surface area (Å²) >= 11 is 10.9. The number of nitrogens with zero attached hydrogens (tertiary/aromatic N) is 1. The van der Waals surface area contributed by atoms with Gasteiger partial charge in [-0.3, -0.25) is 0 Å². The van der Waals surface area contributed by atoms with Gasteiger partial charge in [0.1, 0.15) is 23.1 Å². The van der Waals surface area contributed by atoms with Crippen LogP contribution in [-0.4, -0.2) is 24.2 Å². The minimum atomic E-state index is -0.656. The molecule has 8 heteroatoms. The van der Waals surface area contributed by atoms with Crippen LogP contribution in [0.25, 0.3) is 10.6 Å². The van der Waals surface area contributed by atoms with E-state index in [0.29, 0.717) is 22.9 Å². The second-order valence-electron chi connectivity index (χ2n) is 6.16. The fourth-order valence-corrected chi connectivity index (χ4v) is 4.31. The van der Waals surface area contributed by atoms with Crippen LogP contribution in [0.3, 0.4) is 0 Å². The van der Waals surface area contributed by atoms with Gasteiger partial charge in [-0.1, -0.05) is 27.5 Å². The number of thiazole rings is 1. The first-order valence-corrected chi connectivity index (χ1v) is 10.5. The molecule has 1 aliphatic heterocycles. The minimum Gasteiger partial charge on any atom is -0.496 e. The lowest BCUT2D eigenvalue weighted by Crippen LogP contribution is -2.27. The highest BCUT2D eigenvalue weighted by molar-refractivity contribution is 9.10. The standard InChI is InChI=1S/C20H15BrClNO4S/c1-25-17-4-2-12(21)8-15(17)19-23-14(10-28-19)9-26-20(24)18-7-11-6-13(22)3-5-16(11)27-18/h2-6,8,10,18H,7,9H2,1H3. The van der Waals surface area contributed by atoms with E-state index in [-0.39, 0.29) is 6.61 Å². The van der Waals surface area contributed by atoms with Gasteiger partial charge in [0.05, 0.1) is 18.4 Å². The summed E-state index contributed by atoms with van der Waals surface area (Å²) in [5.41, 5.74) is 2.46.